The molecule has 1 fully saturated rings. The van der Waals surface area contributed by atoms with Gasteiger partial charge in [-0.1, -0.05) is 20.8 Å². The summed E-state index contributed by atoms with van der Waals surface area (Å²) in [4.78, 5) is 15.3. The van der Waals surface area contributed by atoms with Crippen molar-refractivity contribution < 1.29 is 14.3 Å². The Kier molecular flexibility index (Phi) is 9.11. The molecular formula is C18H35N3O3. The summed E-state index contributed by atoms with van der Waals surface area (Å²) in [6.45, 7) is 9.25. The number of unbranched alkanes of at least 4 members (excludes halogenated alkanes) is 1. The van der Waals surface area contributed by atoms with E-state index in [4.69, 9.17) is 4.74 Å². The van der Waals surface area contributed by atoms with Crippen molar-refractivity contribution in [2.24, 2.45) is 16.3 Å². The van der Waals surface area contributed by atoms with Gasteiger partial charge >= 0.3 is 5.97 Å². The van der Waals surface area contributed by atoms with Crippen LogP contribution in [0.3, 0.4) is 0 Å². The van der Waals surface area contributed by atoms with E-state index in [1.807, 2.05) is 0 Å². The lowest BCUT2D eigenvalue weighted by atomic mass is 9.78. The number of nitrogens with one attached hydrogen (secondary N) is 2. The quantitative estimate of drug-likeness (QED) is 0.322. The predicted octanol–water partition coefficient (Wildman–Crippen LogP) is 2.34. The fourth-order valence-electron chi connectivity index (χ4n) is 3.16. The molecule has 6 heteroatoms. The van der Waals surface area contributed by atoms with E-state index in [9.17, 15) is 4.79 Å². The Hall–Kier alpha value is -1.30. The topological polar surface area (TPSA) is 72.0 Å². The van der Waals surface area contributed by atoms with Crippen LogP contribution >= 0.6 is 0 Å². The normalized spacial score (nSPS) is 22.1. The minimum atomic E-state index is -0.150. The zero-order valence-electron chi connectivity index (χ0n) is 16.0. The lowest BCUT2D eigenvalue weighted by Crippen LogP contribution is -2.47. The molecule has 0 bridgehead atoms. The molecule has 0 radical (unpaired) electrons. The fraction of sp³-hybridized carbons (Fsp3) is 0.889. The molecule has 2 N–H and O–H groups in total. The Balaban J connectivity index is 2.31. The Morgan fingerprint density at radius 1 is 1.29 bits per heavy atom. The van der Waals surface area contributed by atoms with Crippen LogP contribution in [0, 0.1) is 11.3 Å². The van der Waals surface area contributed by atoms with Gasteiger partial charge in [0.25, 0.3) is 0 Å². The van der Waals surface area contributed by atoms with E-state index in [2.05, 4.69) is 41.1 Å². The van der Waals surface area contributed by atoms with Gasteiger partial charge in [0.05, 0.1) is 13.2 Å². The van der Waals surface area contributed by atoms with Crippen molar-refractivity contribution in [1.29, 1.82) is 0 Å². The summed E-state index contributed by atoms with van der Waals surface area (Å²) >= 11 is 0. The van der Waals surface area contributed by atoms with Gasteiger partial charge in [-0.15, -0.1) is 0 Å². The molecule has 0 amide bonds. The van der Waals surface area contributed by atoms with Crippen LogP contribution in [0.5, 0.6) is 0 Å². The Labute approximate surface area is 146 Å². The first-order chi connectivity index (χ1) is 11.4. The monoisotopic (exact) mass is 341 g/mol. The fourth-order valence-corrected chi connectivity index (χ4v) is 3.16. The summed E-state index contributed by atoms with van der Waals surface area (Å²) < 4.78 is 10.7. The Morgan fingerprint density at radius 3 is 2.67 bits per heavy atom. The highest BCUT2D eigenvalue weighted by Gasteiger charge is 2.35. The second-order valence-corrected chi connectivity index (χ2v) is 7.47. The molecule has 1 saturated heterocycles. The van der Waals surface area contributed by atoms with Gasteiger partial charge in [0.15, 0.2) is 5.96 Å². The van der Waals surface area contributed by atoms with Crippen LogP contribution in [-0.2, 0) is 14.3 Å². The smallest absolute Gasteiger partial charge is 0.305 e. The standard InChI is InChI=1S/C18H35N3O3/c1-18(2,3)16-14(9-8-12-24-16)13-21-17(19-4)20-11-7-6-10-15(22)23-5/h14,16H,6-13H2,1-5H3,(H2,19,20,21). The molecule has 1 aliphatic heterocycles. The summed E-state index contributed by atoms with van der Waals surface area (Å²) in [5.74, 6) is 1.16. The van der Waals surface area contributed by atoms with Crippen LogP contribution in [0.25, 0.3) is 0 Å². The van der Waals surface area contributed by atoms with E-state index in [1.165, 1.54) is 13.5 Å². The van der Waals surface area contributed by atoms with Gasteiger partial charge in [0, 0.05) is 39.1 Å². The molecule has 24 heavy (non-hydrogen) atoms. The maximum atomic E-state index is 11.1. The highest BCUT2D eigenvalue weighted by molar-refractivity contribution is 5.79. The molecule has 6 nitrogen and oxygen atoms in total. The third-order valence-corrected chi connectivity index (χ3v) is 4.38. The minimum Gasteiger partial charge on any atom is -0.469 e. The van der Waals surface area contributed by atoms with Crippen molar-refractivity contribution in [3.63, 3.8) is 0 Å². The molecule has 0 spiro atoms. The van der Waals surface area contributed by atoms with Crippen LogP contribution < -0.4 is 10.6 Å². The van der Waals surface area contributed by atoms with Gasteiger partial charge < -0.3 is 20.1 Å². The van der Waals surface area contributed by atoms with Gasteiger partial charge in [-0.25, -0.2) is 0 Å². The van der Waals surface area contributed by atoms with Gasteiger partial charge in [0.2, 0.25) is 0 Å². The summed E-state index contributed by atoms with van der Waals surface area (Å²) in [6, 6.07) is 0. The molecule has 0 aromatic heterocycles. The number of rotatable bonds is 7. The SMILES string of the molecule is CN=C(NCCCCC(=O)OC)NCC1CCCOC1C(C)(C)C. The summed E-state index contributed by atoms with van der Waals surface area (Å²) in [5, 5.41) is 6.72. The average molecular weight is 341 g/mol. The third-order valence-electron chi connectivity index (χ3n) is 4.38. The first kappa shape index (κ1) is 20.7. The molecule has 1 heterocycles. The molecule has 0 aromatic carbocycles. The minimum absolute atomic E-state index is 0.150. The number of hydrogen-bond acceptors (Lipinski definition) is 4. The third kappa shape index (κ3) is 7.51. The van der Waals surface area contributed by atoms with Crippen LogP contribution in [0.15, 0.2) is 4.99 Å². The number of guanidine groups is 1. The van der Waals surface area contributed by atoms with E-state index in [0.717, 1.165) is 44.9 Å². The molecule has 2 atom stereocenters. The molecule has 0 aliphatic carbocycles. The number of hydrogen-bond donors (Lipinski definition) is 2. The van der Waals surface area contributed by atoms with Crippen molar-refractivity contribution in [2.45, 2.75) is 59.0 Å². The van der Waals surface area contributed by atoms with E-state index in [-0.39, 0.29) is 17.5 Å². The molecule has 1 aliphatic rings. The van der Waals surface area contributed by atoms with Crippen LogP contribution in [0.2, 0.25) is 0 Å². The van der Waals surface area contributed by atoms with Crippen LogP contribution in [-0.4, -0.2) is 51.9 Å². The molecule has 0 saturated carbocycles. The van der Waals surface area contributed by atoms with E-state index < -0.39 is 0 Å². The van der Waals surface area contributed by atoms with Gasteiger partial charge in [0.1, 0.15) is 0 Å². The average Bonchev–Trinajstić information content (AvgIpc) is 2.56. The van der Waals surface area contributed by atoms with Crippen molar-refractivity contribution in [3.8, 4) is 0 Å². The number of carbonyl (C=O) groups excluding carboxylic acids is 1. The van der Waals surface area contributed by atoms with Crippen molar-refractivity contribution >= 4 is 11.9 Å². The highest BCUT2D eigenvalue weighted by Crippen LogP contribution is 2.33. The summed E-state index contributed by atoms with van der Waals surface area (Å²) in [5.41, 5.74) is 0.150. The Morgan fingerprint density at radius 2 is 2.04 bits per heavy atom. The van der Waals surface area contributed by atoms with Crippen LogP contribution in [0.1, 0.15) is 52.9 Å². The van der Waals surface area contributed by atoms with Crippen molar-refractivity contribution in [2.75, 3.05) is 33.9 Å². The first-order valence-corrected chi connectivity index (χ1v) is 9.01. The number of carbonyl (C=O) groups is 1. The molecule has 0 aromatic rings. The first-order valence-electron chi connectivity index (χ1n) is 9.01. The van der Waals surface area contributed by atoms with Gasteiger partial charge in [-0.3, -0.25) is 9.79 Å². The summed E-state index contributed by atoms with van der Waals surface area (Å²) in [7, 11) is 3.20. The van der Waals surface area contributed by atoms with E-state index >= 15 is 0 Å². The molecule has 2 unspecified atom stereocenters. The number of aliphatic imine (C=N–C) groups is 1. The zero-order valence-corrected chi connectivity index (χ0v) is 16.0. The second kappa shape index (κ2) is 10.5. The largest absolute Gasteiger partial charge is 0.469 e. The zero-order chi connectivity index (χ0) is 18.0. The summed E-state index contributed by atoms with van der Waals surface area (Å²) in [6.07, 6.45) is 4.78. The molecule has 1 rings (SSSR count). The lowest BCUT2D eigenvalue weighted by Gasteiger charge is -2.40. The number of methoxy groups -OCH3 is 1. The molecule has 140 valence electrons. The predicted molar refractivity (Wildman–Crippen MR) is 97.2 cm³/mol. The second-order valence-electron chi connectivity index (χ2n) is 7.47. The highest BCUT2D eigenvalue weighted by atomic mass is 16.5. The number of ether oxygens (including phenoxy) is 2. The maximum Gasteiger partial charge on any atom is 0.305 e. The Bertz CT molecular complexity index is 405. The van der Waals surface area contributed by atoms with Crippen molar-refractivity contribution in [3.05, 3.63) is 0 Å². The van der Waals surface area contributed by atoms with E-state index in [0.29, 0.717) is 12.3 Å². The lowest BCUT2D eigenvalue weighted by molar-refractivity contribution is -0.140. The van der Waals surface area contributed by atoms with E-state index in [1.54, 1.807) is 7.05 Å². The maximum absolute atomic E-state index is 11.1. The number of nitrogens with zero attached hydrogens (tertiary/aromatic N) is 1. The number of esters is 1. The van der Waals surface area contributed by atoms with Gasteiger partial charge in [-0.05, 0) is 31.1 Å². The van der Waals surface area contributed by atoms with Gasteiger partial charge in [-0.2, -0.15) is 0 Å². The van der Waals surface area contributed by atoms with Crippen LogP contribution in [0.4, 0.5) is 0 Å². The van der Waals surface area contributed by atoms with Crippen molar-refractivity contribution in [1.82, 2.24) is 10.6 Å². The molecular weight excluding hydrogens is 306 g/mol.